The first-order chi connectivity index (χ1) is 10.0. The zero-order valence-corrected chi connectivity index (χ0v) is 12.9. The van der Waals surface area contributed by atoms with Gasteiger partial charge in [0.05, 0.1) is 18.8 Å². The number of rotatable bonds is 3. The third kappa shape index (κ3) is 3.21. The minimum atomic E-state index is 0.0235. The lowest BCUT2D eigenvalue weighted by Crippen LogP contribution is -2.49. The second-order valence-electron chi connectivity index (χ2n) is 6.38. The third-order valence-corrected chi connectivity index (χ3v) is 4.40. The standard InChI is InChI=1S/C17H23NO3/c1-11-8-15(11)16-6-4-14(21-16)5-7-17(19)18-9-13(3)20-10-12(18)2/h4-7,11-13,15H,8-10H2,1-3H3/b7-5+. The molecule has 4 unspecified atom stereocenters. The van der Waals surface area contributed by atoms with E-state index in [1.807, 2.05) is 30.9 Å². The van der Waals surface area contributed by atoms with Gasteiger partial charge in [-0.05, 0) is 44.4 Å². The first kappa shape index (κ1) is 14.4. The predicted octanol–water partition coefficient (Wildman–Crippen LogP) is 3.05. The van der Waals surface area contributed by atoms with Gasteiger partial charge < -0.3 is 14.1 Å². The van der Waals surface area contributed by atoms with Gasteiger partial charge in [0.2, 0.25) is 5.91 Å². The van der Waals surface area contributed by atoms with Crippen molar-refractivity contribution in [2.75, 3.05) is 13.2 Å². The van der Waals surface area contributed by atoms with Gasteiger partial charge in [0.1, 0.15) is 11.5 Å². The van der Waals surface area contributed by atoms with Crippen molar-refractivity contribution in [2.24, 2.45) is 5.92 Å². The molecule has 0 N–H and O–H groups in total. The van der Waals surface area contributed by atoms with Gasteiger partial charge in [-0.1, -0.05) is 6.92 Å². The number of amides is 1. The summed E-state index contributed by atoms with van der Waals surface area (Å²) in [4.78, 5) is 14.1. The number of nitrogens with zero attached hydrogens (tertiary/aromatic N) is 1. The van der Waals surface area contributed by atoms with Gasteiger partial charge in [0, 0.05) is 18.5 Å². The Bertz CT molecular complexity index is 548. The van der Waals surface area contributed by atoms with Crippen LogP contribution in [0.3, 0.4) is 0 Å². The molecule has 0 bridgehead atoms. The Morgan fingerprint density at radius 2 is 2.10 bits per heavy atom. The topological polar surface area (TPSA) is 42.7 Å². The number of hydrogen-bond donors (Lipinski definition) is 0. The number of carbonyl (C=O) groups is 1. The van der Waals surface area contributed by atoms with Crippen LogP contribution in [0.5, 0.6) is 0 Å². The lowest BCUT2D eigenvalue weighted by Gasteiger charge is -2.36. The van der Waals surface area contributed by atoms with E-state index in [1.165, 1.54) is 6.42 Å². The van der Waals surface area contributed by atoms with Crippen molar-refractivity contribution in [1.29, 1.82) is 0 Å². The van der Waals surface area contributed by atoms with E-state index < -0.39 is 0 Å². The van der Waals surface area contributed by atoms with E-state index in [0.29, 0.717) is 19.1 Å². The Morgan fingerprint density at radius 3 is 2.81 bits per heavy atom. The molecule has 1 saturated heterocycles. The summed E-state index contributed by atoms with van der Waals surface area (Å²) in [5, 5.41) is 0. The molecular weight excluding hydrogens is 266 g/mol. The van der Waals surface area contributed by atoms with Gasteiger partial charge in [-0.2, -0.15) is 0 Å². The highest BCUT2D eigenvalue weighted by Crippen LogP contribution is 2.47. The van der Waals surface area contributed by atoms with E-state index in [1.54, 1.807) is 12.2 Å². The molecule has 0 radical (unpaired) electrons. The maximum absolute atomic E-state index is 12.3. The molecule has 4 atom stereocenters. The fourth-order valence-corrected chi connectivity index (χ4v) is 2.84. The van der Waals surface area contributed by atoms with Gasteiger partial charge >= 0.3 is 0 Å². The molecule has 4 heteroatoms. The van der Waals surface area contributed by atoms with Gasteiger partial charge in [0.25, 0.3) is 0 Å². The Labute approximate surface area is 125 Å². The van der Waals surface area contributed by atoms with Crippen LogP contribution in [0.15, 0.2) is 22.6 Å². The lowest BCUT2D eigenvalue weighted by molar-refractivity contribution is -0.137. The summed E-state index contributed by atoms with van der Waals surface area (Å²) in [5.74, 6) is 3.12. The van der Waals surface area contributed by atoms with Crippen molar-refractivity contribution in [3.63, 3.8) is 0 Å². The van der Waals surface area contributed by atoms with Crippen LogP contribution in [0.4, 0.5) is 0 Å². The van der Waals surface area contributed by atoms with E-state index in [-0.39, 0.29) is 18.1 Å². The van der Waals surface area contributed by atoms with Crippen molar-refractivity contribution in [2.45, 2.75) is 45.3 Å². The van der Waals surface area contributed by atoms with E-state index in [2.05, 4.69) is 6.92 Å². The van der Waals surface area contributed by atoms with Crippen molar-refractivity contribution in [3.05, 3.63) is 29.7 Å². The quantitative estimate of drug-likeness (QED) is 0.803. The average Bonchev–Trinajstić information content (AvgIpc) is 3.01. The Balaban J connectivity index is 1.62. The molecule has 1 aromatic rings. The van der Waals surface area contributed by atoms with Gasteiger partial charge in [-0.25, -0.2) is 0 Å². The van der Waals surface area contributed by atoms with Crippen LogP contribution < -0.4 is 0 Å². The zero-order valence-electron chi connectivity index (χ0n) is 12.9. The first-order valence-electron chi connectivity index (χ1n) is 7.74. The molecule has 1 aliphatic carbocycles. The number of morpholine rings is 1. The molecule has 1 aliphatic heterocycles. The molecule has 1 aromatic heterocycles. The molecule has 4 nitrogen and oxygen atoms in total. The highest BCUT2D eigenvalue weighted by atomic mass is 16.5. The highest BCUT2D eigenvalue weighted by molar-refractivity contribution is 5.91. The van der Waals surface area contributed by atoms with Crippen molar-refractivity contribution in [3.8, 4) is 0 Å². The summed E-state index contributed by atoms with van der Waals surface area (Å²) in [6.45, 7) is 7.48. The third-order valence-electron chi connectivity index (χ3n) is 4.40. The molecule has 0 spiro atoms. The van der Waals surface area contributed by atoms with E-state index in [9.17, 15) is 4.79 Å². The van der Waals surface area contributed by atoms with Gasteiger partial charge in [-0.3, -0.25) is 4.79 Å². The van der Waals surface area contributed by atoms with Crippen molar-refractivity contribution in [1.82, 2.24) is 4.90 Å². The molecule has 3 rings (SSSR count). The lowest BCUT2D eigenvalue weighted by atomic mass is 10.2. The van der Waals surface area contributed by atoms with Crippen LogP contribution in [-0.2, 0) is 9.53 Å². The zero-order chi connectivity index (χ0) is 15.0. The largest absolute Gasteiger partial charge is 0.461 e. The fraction of sp³-hybridized carbons (Fsp3) is 0.588. The normalized spacial score (nSPS) is 32.6. The van der Waals surface area contributed by atoms with E-state index in [4.69, 9.17) is 9.15 Å². The number of furan rings is 1. The van der Waals surface area contributed by atoms with Crippen LogP contribution in [0, 0.1) is 5.92 Å². The van der Waals surface area contributed by atoms with Gasteiger partial charge in [-0.15, -0.1) is 0 Å². The fourth-order valence-electron chi connectivity index (χ4n) is 2.84. The smallest absolute Gasteiger partial charge is 0.247 e. The van der Waals surface area contributed by atoms with Crippen LogP contribution in [0.1, 0.15) is 44.6 Å². The molecule has 1 saturated carbocycles. The molecular formula is C17H23NO3. The molecule has 1 amide bonds. The molecule has 2 aliphatic rings. The number of carbonyl (C=O) groups excluding carboxylic acids is 1. The first-order valence-corrected chi connectivity index (χ1v) is 7.74. The summed E-state index contributed by atoms with van der Waals surface area (Å²) in [5.41, 5.74) is 0. The SMILES string of the molecule is CC1CN(C(=O)/C=C/c2ccc(C3CC3C)o2)C(C)CO1. The van der Waals surface area contributed by atoms with E-state index >= 15 is 0 Å². The van der Waals surface area contributed by atoms with Crippen molar-refractivity contribution >= 4 is 12.0 Å². The maximum Gasteiger partial charge on any atom is 0.247 e. The molecule has 2 heterocycles. The minimum Gasteiger partial charge on any atom is -0.461 e. The summed E-state index contributed by atoms with van der Waals surface area (Å²) in [6, 6.07) is 4.09. The Hall–Kier alpha value is -1.55. The molecule has 0 aromatic carbocycles. The molecule has 2 fully saturated rings. The van der Waals surface area contributed by atoms with Crippen LogP contribution in [0.25, 0.3) is 6.08 Å². The number of ether oxygens (including phenoxy) is 1. The van der Waals surface area contributed by atoms with Crippen LogP contribution in [-0.4, -0.2) is 36.1 Å². The average molecular weight is 289 g/mol. The van der Waals surface area contributed by atoms with Gasteiger partial charge in [0.15, 0.2) is 0 Å². The Kier molecular flexibility index (Phi) is 3.89. The summed E-state index contributed by atoms with van der Waals surface area (Å²) in [7, 11) is 0. The number of hydrogen-bond acceptors (Lipinski definition) is 3. The molecule has 114 valence electrons. The van der Waals surface area contributed by atoms with Crippen molar-refractivity contribution < 1.29 is 13.9 Å². The second-order valence-corrected chi connectivity index (χ2v) is 6.38. The summed E-state index contributed by atoms with van der Waals surface area (Å²) < 4.78 is 11.3. The molecule has 21 heavy (non-hydrogen) atoms. The van der Waals surface area contributed by atoms with E-state index in [0.717, 1.165) is 17.4 Å². The second kappa shape index (κ2) is 5.68. The predicted molar refractivity (Wildman–Crippen MR) is 80.9 cm³/mol. The van der Waals surface area contributed by atoms with Crippen LogP contribution in [0.2, 0.25) is 0 Å². The monoisotopic (exact) mass is 289 g/mol. The summed E-state index contributed by atoms with van der Waals surface area (Å²) >= 11 is 0. The Morgan fingerprint density at radius 1 is 1.33 bits per heavy atom. The summed E-state index contributed by atoms with van der Waals surface area (Å²) in [6.07, 6.45) is 4.68. The maximum atomic E-state index is 12.3. The highest BCUT2D eigenvalue weighted by Gasteiger charge is 2.36. The van der Waals surface area contributed by atoms with Crippen LogP contribution >= 0.6 is 0 Å². The minimum absolute atomic E-state index is 0.0235.